The minimum atomic E-state index is -3.08. The van der Waals surface area contributed by atoms with Crippen molar-refractivity contribution in [2.45, 2.75) is 31.7 Å². The molecule has 10 heteroatoms. The van der Waals surface area contributed by atoms with Crippen LogP contribution in [0.25, 0.3) is 16.6 Å². The summed E-state index contributed by atoms with van der Waals surface area (Å²) in [7, 11) is -3.08. The van der Waals surface area contributed by atoms with Gasteiger partial charge in [0.1, 0.15) is 5.69 Å². The molecule has 3 fully saturated rings. The molecule has 2 saturated heterocycles. The van der Waals surface area contributed by atoms with Crippen molar-refractivity contribution in [1.29, 1.82) is 0 Å². The maximum atomic E-state index is 11.7. The second-order valence-corrected chi connectivity index (χ2v) is 11.7. The predicted octanol–water partition coefficient (Wildman–Crippen LogP) is 3.07. The molecule has 0 bridgehead atoms. The van der Waals surface area contributed by atoms with Gasteiger partial charge in [-0.25, -0.2) is 17.4 Å². The van der Waals surface area contributed by atoms with Gasteiger partial charge in [-0.1, -0.05) is 11.6 Å². The molecule has 0 radical (unpaired) electrons. The topological polar surface area (TPSA) is 76.3 Å². The first-order valence-electron chi connectivity index (χ1n) is 10.7. The summed E-state index contributed by atoms with van der Waals surface area (Å²) in [6.07, 6.45) is 11.4. The van der Waals surface area contributed by atoms with Gasteiger partial charge in [0.2, 0.25) is 10.0 Å². The average molecular weight is 461 g/mol. The van der Waals surface area contributed by atoms with Gasteiger partial charge in [0.25, 0.3) is 0 Å². The third kappa shape index (κ3) is 3.34. The highest BCUT2D eigenvalue weighted by molar-refractivity contribution is 7.88. The lowest BCUT2D eigenvalue weighted by Crippen LogP contribution is -2.61. The molecule has 1 saturated carbocycles. The number of aromatic nitrogens is 4. The first-order valence-corrected chi connectivity index (χ1v) is 13.0. The van der Waals surface area contributed by atoms with Crippen LogP contribution in [0.15, 0.2) is 30.7 Å². The van der Waals surface area contributed by atoms with Gasteiger partial charge in [0.15, 0.2) is 0 Å². The zero-order valence-corrected chi connectivity index (χ0v) is 19.0. The minimum Gasteiger partial charge on any atom is -0.370 e. The van der Waals surface area contributed by atoms with Crippen LogP contribution in [0.1, 0.15) is 31.7 Å². The second-order valence-electron chi connectivity index (χ2n) is 9.35. The average Bonchev–Trinajstić information content (AvgIpc) is 3.30. The van der Waals surface area contributed by atoms with Crippen LogP contribution in [-0.2, 0) is 10.0 Å². The molecule has 1 spiro atoms. The number of hydrogen-bond donors (Lipinski definition) is 0. The Morgan fingerprint density at radius 3 is 2.52 bits per heavy atom. The SMILES string of the molecule is CS(=O)(=O)N1CC2(CCN(c3cc4c(cnn4-c4cnn(C5CC5)c4)cc3Cl)CC2)C1. The summed E-state index contributed by atoms with van der Waals surface area (Å²) in [6.45, 7) is 3.03. The van der Waals surface area contributed by atoms with E-state index in [2.05, 4.69) is 27.4 Å². The Kier molecular flexibility index (Phi) is 4.23. The number of halogens is 1. The molecular formula is C21H25ClN6O2S. The maximum absolute atomic E-state index is 11.7. The van der Waals surface area contributed by atoms with E-state index < -0.39 is 10.0 Å². The highest BCUT2D eigenvalue weighted by Gasteiger charge is 2.48. The molecule has 1 aromatic carbocycles. The fourth-order valence-electron chi connectivity index (χ4n) is 4.93. The fraction of sp³-hybridized carbons (Fsp3) is 0.524. The Morgan fingerprint density at radius 2 is 1.84 bits per heavy atom. The Morgan fingerprint density at radius 1 is 1.10 bits per heavy atom. The normalized spacial score (nSPS) is 21.7. The van der Waals surface area contributed by atoms with Crippen molar-refractivity contribution >= 4 is 38.2 Å². The van der Waals surface area contributed by atoms with Crippen molar-refractivity contribution in [3.63, 3.8) is 0 Å². The van der Waals surface area contributed by atoms with Crippen LogP contribution < -0.4 is 4.90 Å². The van der Waals surface area contributed by atoms with Gasteiger partial charge >= 0.3 is 0 Å². The number of nitrogens with zero attached hydrogens (tertiary/aromatic N) is 6. The Bertz CT molecular complexity index is 1260. The summed E-state index contributed by atoms with van der Waals surface area (Å²) in [6, 6.07) is 4.65. The molecule has 2 aliphatic heterocycles. The number of hydrogen-bond acceptors (Lipinski definition) is 5. The third-order valence-corrected chi connectivity index (χ3v) is 8.55. The van der Waals surface area contributed by atoms with Gasteiger partial charge in [-0.05, 0) is 37.8 Å². The van der Waals surface area contributed by atoms with Crippen molar-refractivity contribution in [3.8, 4) is 5.69 Å². The summed E-state index contributed by atoms with van der Waals surface area (Å²) < 4.78 is 29.0. The minimum absolute atomic E-state index is 0.120. The second kappa shape index (κ2) is 6.70. The molecule has 0 N–H and O–H groups in total. The molecule has 3 aliphatic rings. The van der Waals surface area contributed by atoms with Gasteiger partial charge in [-0.15, -0.1) is 0 Å². The molecule has 8 nitrogen and oxygen atoms in total. The number of anilines is 1. The van der Waals surface area contributed by atoms with Gasteiger partial charge in [-0.3, -0.25) is 4.68 Å². The highest BCUT2D eigenvalue weighted by atomic mass is 35.5. The molecule has 2 aromatic heterocycles. The number of fused-ring (bicyclic) bond motifs is 1. The lowest BCUT2D eigenvalue weighted by atomic mass is 9.73. The van der Waals surface area contributed by atoms with E-state index in [1.807, 2.05) is 27.8 Å². The number of sulfonamides is 1. The fourth-order valence-corrected chi connectivity index (χ4v) is 6.24. The zero-order chi connectivity index (χ0) is 21.4. The molecule has 1 aliphatic carbocycles. The number of rotatable bonds is 4. The van der Waals surface area contributed by atoms with Crippen LogP contribution in [0.2, 0.25) is 5.02 Å². The molecule has 31 heavy (non-hydrogen) atoms. The first kappa shape index (κ1) is 19.6. The highest BCUT2D eigenvalue weighted by Crippen LogP contribution is 2.44. The Balaban J connectivity index is 1.25. The predicted molar refractivity (Wildman–Crippen MR) is 120 cm³/mol. The monoisotopic (exact) mass is 460 g/mol. The van der Waals surface area contributed by atoms with E-state index in [9.17, 15) is 8.42 Å². The van der Waals surface area contributed by atoms with Gasteiger partial charge in [0.05, 0.1) is 47.1 Å². The van der Waals surface area contributed by atoms with Crippen LogP contribution in [-0.4, -0.2) is 64.7 Å². The van der Waals surface area contributed by atoms with Crippen molar-refractivity contribution in [1.82, 2.24) is 23.9 Å². The standard InChI is InChI=1S/C21H25ClN6O2S/c1-31(29,30)26-13-21(14-26)4-6-25(7-5-21)20-9-19-15(8-18(20)22)10-24-28(19)17-11-23-27(12-17)16-2-3-16/h8-12,16H,2-7,13-14H2,1H3. The number of benzene rings is 1. The molecule has 3 aromatic rings. The summed E-state index contributed by atoms with van der Waals surface area (Å²) >= 11 is 6.67. The first-order chi connectivity index (χ1) is 14.8. The van der Waals surface area contributed by atoms with Gasteiger partial charge in [0, 0.05) is 37.0 Å². The van der Waals surface area contributed by atoms with Gasteiger partial charge in [-0.2, -0.15) is 10.2 Å². The quantitative estimate of drug-likeness (QED) is 0.598. The van der Waals surface area contributed by atoms with Crippen molar-refractivity contribution in [2.24, 2.45) is 5.41 Å². The molecule has 0 amide bonds. The maximum Gasteiger partial charge on any atom is 0.211 e. The number of piperidine rings is 1. The summed E-state index contributed by atoms with van der Waals surface area (Å²) in [5, 5.41) is 10.8. The van der Waals surface area contributed by atoms with E-state index in [0.29, 0.717) is 19.1 Å². The van der Waals surface area contributed by atoms with Crippen LogP contribution in [0.4, 0.5) is 5.69 Å². The lowest BCUT2D eigenvalue weighted by Gasteiger charge is -2.53. The molecule has 164 valence electrons. The van der Waals surface area contributed by atoms with Crippen LogP contribution in [0.3, 0.4) is 0 Å². The van der Waals surface area contributed by atoms with Crippen molar-refractivity contribution in [3.05, 3.63) is 35.7 Å². The summed E-state index contributed by atoms with van der Waals surface area (Å²) in [4.78, 5) is 2.32. The smallest absolute Gasteiger partial charge is 0.211 e. The Labute approximate surface area is 186 Å². The van der Waals surface area contributed by atoms with Crippen molar-refractivity contribution < 1.29 is 8.42 Å². The summed E-state index contributed by atoms with van der Waals surface area (Å²) in [5.41, 5.74) is 3.11. The van der Waals surface area contributed by atoms with E-state index >= 15 is 0 Å². The Hall–Kier alpha value is -2.10. The van der Waals surface area contributed by atoms with E-state index in [4.69, 9.17) is 11.6 Å². The summed E-state index contributed by atoms with van der Waals surface area (Å²) in [5.74, 6) is 0. The van der Waals surface area contributed by atoms with E-state index in [1.54, 1.807) is 4.31 Å². The third-order valence-electron chi connectivity index (χ3n) is 7.05. The molecule has 6 rings (SSSR count). The van der Waals surface area contributed by atoms with E-state index in [-0.39, 0.29) is 5.41 Å². The van der Waals surface area contributed by atoms with E-state index in [1.165, 1.54) is 19.1 Å². The molecular weight excluding hydrogens is 436 g/mol. The largest absolute Gasteiger partial charge is 0.370 e. The molecule has 0 unspecified atom stereocenters. The van der Waals surface area contributed by atoms with Crippen LogP contribution in [0.5, 0.6) is 0 Å². The lowest BCUT2D eigenvalue weighted by molar-refractivity contribution is 0.0443. The molecule has 0 atom stereocenters. The van der Waals surface area contributed by atoms with Crippen molar-refractivity contribution in [2.75, 3.05) is 37.3 Å². The van der Waals surface area contributed by atoms with Crippen LogP contribution in [0, 0.1) is 5.41 Å². The van der Waals surface area contributed by atoms with Gasteiger partial charge < -0.3 is 4.90 Å². The van der Waals surface area contributed by atoms with Crippen LogP contribution >= 0.6 is 11.6 Å². The molecule has 4 heterocycles. The van der Waals surface area contributed by atoms with E-state index in [0.717, 1.165) is 53.2 Å². The zero-order valence-electron chi connectivity index (χ0n) is 17.4.